The lowest BCUT2D eigenvalue weighted by Gasteiger charge is -2.24. The van der Waals surface area contributed by atoms with Gasteiger partial charge in [-0.25, -0.2) is 0 Å². The summed E-state index contributed by atoms with van der Waals surface area (Å²) in [6.45, 7) is 2.24. The Morgan fingerprint density at radius 1 is 1.41 bits per heavy atom. The minimum absolute atomic E-state index is 0.0497. The predicted octanol–water partition coefficient (Wildman–Crippen LogP) is 1.80. The average Bonchev–Trinajstić information content (AvgIpc) is 2.21. The smallest absolute Gasteiger partial charge is 0.411 e. The van der Waals surface area contributed by atoms with Gasteiger partial charge in [0.15, 0.2) is 0 Å². The summed E-state index contributed by atoms with van der Waals surface area (Å²) in [5.74, 6) is -0.976. The van der Waals surface area contributed by atoms with Crippen molar-refractivity contribution < 1.29 is 27.8 Å². The van der Waals surface area contributed by atoms with E-state index in [1.807, 2.05) is 0 Å². The highest BCUT2D eigenvalue weighted by molar-refractivity contribution is 5.78. The fourth-order valence-electron chi connectivity index (χ4n) is 1.08. The van der Waals surface area contributed by atoms with Crippen LogP contribution in [-0.2, 0) is 9.53 Å². The highest BCUT2D eigenvalue weighted by Gasteiger charge is 2.30. The molecule has 2 N–H and O–H groups in total. The summed E-state index contributed by atoms with van der Waals surface area (Å²) in [6, 6.07) is 0. The topological polar surface area (TPSA) is 58.6 Å². The number of carboxylic acid groups (broad SMARTS) is 1. The molecule has 0 aromatic rings. The molecule has 0 amide bonds. The van der Waals surface area contributed by atoms with E-state index in [0.717, 1.165) is 0 Å². The van der Waals surface area contributed by atoms with Crippen molar-refractivity contribution in [2.75, 3.05) is 19.8 Å². The number of hydrogen-bond acceptors (Lipinski definition) is 3. The first-order chi connectivity index (χ1) is 7.71. The Bertz CT molecular complexity index is 245. The van der Waals surface area contributed by atoms with E-state index in [1.54, 1.807) is 6.92 Å². The normalized spacial score (nSPS) is 15.6. The molecule has 0 spiro atoms. The van der Waals surface area contributed by atoms with E-state index in [2.05, 4.69) is 10.1 Å². The van der Waals surface area contributed by atoms with Gasteiger partial charge in [0.2, 0.25) is 0 Å². The van der Waals surface area contributed by atoms with E-state index in [-0.39, 0.29) is 6.61 Å². The molecule has 0 saturated carbocycles. The van der Waals surface area contributed by atoms with Crippen molar-refractivity contribution in [3.8, 4) is 0 Å². The molecule has 1 atom stereocenters. The van der Waals surface area contributed by atoms with Crippen molar-refractivity contribution in [3.05, 3.63) is 0 Å². The Hall–Kier alpha value is -0.820. The molecule has 0 heterocycles. The fraction of sp³-hybridized carbons (Fsp3) is 0.900. The van der Waals surface area contributed by atoms with Crippen molar-refractivity contribution in [2.45, 2.75) is 38.4 Å². The van der Waals surface area contributed by atoms with Crippen molar-refractivity contribution in [2.24, 2.45) is 0 Å². The van der Waals surface area contributed by atoms with E-state index in [0.29, 0.717) is 19.4 Å². The van der Waals surface area contributed by atoms with Crippen LogP contribution in [-0.4, -0.2) is 42.5 Å². The number of alkyl halides is 3. The lowest BCUT2D eigenvalue weighted by Crippen LogP contribution is -2.49. The lowest BCUT2D eigenvalue weighted by molar-refractivity contribution is -0.174. The third-order valence-electron chi connectivity index (χ3n) is 2.43. The first kappa shape index (κ1) is 16.2. The quantitative estimate of drug-likeness (QED) is 0.651. The molecular formula is C10H18F3NO3. The highest BCUT2D eigenvalue weighted by atomic mass is 19.4. The van der Waals surface area contributed by atoms with Gasteiger partial charge in [-0.3, -0.25) is 4.79 Å². The van der Waals surface area contributed by atoms with Gasteiger partial charge in [-0.1, -0.05) is 6.92 Å². The first-order valence-electron chi connectivity index (χ1n) is 5.34. The SMILES string of the molecule is CCC(C)(NCCCOCC(F)(F)F)C(=O)O. The third kappa shape index (κ3) is 7.17. The summed E-state index contributed by atoms with van der Waals surface area (Å²) in [5.41, 5.74) is -1.04. The molecule has 0 aliphatic heterocycles. The number of aliphatic carboxylic acids is 1. The van der Waals surface area contributed by atoms with Crippen LogP contribution in [0.5, 0.6) is 0 Å². The summed E-state index contributed by atoms with van der Waals surface area (Å²) in [5, 5.41) is 11.7. The van der Waals surface area contributed by atoms with Crippen molar-refractivity contribution >= 4 is 5.97 Å². The van der Waals surface area contributed by atoms with E-state index >= 15 is 0 Å². The zero-order chi connectivity index (χ0) is 13.5. The van der Waals surface area contributed by atoms with Crippen molar-refractivity contribution in [3.63, 3.8) is 0 Å². The monoisotopic (exact) mass is 257 g/mol. The molecule has 0 aromatic carbocycles. The van der Waals surface area contributed by atoms with Gasteiger partial charge >= 0.3 is 12.1 Å². The Labute approximate surface area is 98.1 Å². The number of carboxylic acids is 1. The second-order valence-electron chi connectivity index (χ2n) is 3.94. The van der Waals surface area contributed by atoms with Crippen LogP contribution >= 0.6 is 0 Å². The number of carbonyl (C=O) groups is 1. The average molecular weight is 257 g/mol. The van der Waals surface area contributed by atoms with E-state index < -0.39 is 24.3 Å². The number of hydrogen-bond donors (Lipinski definition) is 2. The molecule has 0 aliphatic rings. The van der Waals surface area contributed by atoms with Crippen LogP contribution in [0.2, 0.25) is 0 Å². The van der Waals surface area contributed by atoms with E-state index in [1.165, 1.54) is 6.92 Å². The molecule has 102 valence electrons. The summed E-state index contributed by atoms with van der Waals surface area (Å²) in [7, 11) is 0. The molecule has 17 heavy (non-hydrogen) atoms. The van der Waals surface area contributed by atoms with E-state index in [9.17, 15) is 18.0 Å². The van der Waals surface area contributed by atoms with Crippen molar-refractivity contribution in [1.82, 2.24) is 5.32 Å². The molecule has 0 aromatic heterocycles. The van der Waals surface area contributed by atoms with Gasteiger partial charge in [-0.2, -0.15) is 13.2 Å². The van der Waals surface area contributed by atoms with Gasteiger partial charge in [-0.15, -0.1) is 0 Å². The van der Waals surface area contributed by atoms with Gasteiger partial charge in [0.25, 0.3) is 0 Å². The number of rotatable bonds is 8. The number of ether oxygens (including phenoxy) is 1. The minimum Gasteiger partial charge on any atom is -0.480 e. The standard InChI is InChI=1S/C10H18F3NO3/c1-3-9(2,8(15)16)14-5-4-6-17-7-10(11,12)13/h14H,3-7H2,1-2H3,(H,15,16). The van der Waals surface area contributed by atoms with Gasteiger partial charge in [0, 0.05) is 6.61 Å². The maximum atomic E-state index is 11.7. The zero-order valence-electron chi connectivity index (χ0n) is 9.93. The number of halogens is 3. The van der Waals surface area contributed by atoms with Crippen LogP contribution in [0.15, 0.2) is 0 Å². The van der Waals surface area contributed by atoms with Gasteiger partial charge < -0.3 is 15.2 Å². The summed E-state index contributed by atoms with van der Waals surface area (Å²) in [4.78, 5) is 10.9. The maximum absolute atomic E-state index is 11.7. The summed E-state index contributed by atoms with van der Waals surface area (Å²) < 4.78 is 39.5. The minimum atomic E-state index is -4.31. The fourth-order valence-corrected chi connectivity index (χ4v) is 1.08. The van der Waals surface area contributed by atoms with Crippen molar-refractivity contribution in [1.29, 1.82) is 0 Å². The van der Waals surface area contributed by atoms with Crippen LogP contribution in [0.3, 0.4) is 0 Å². The molecule has 0 radical (unpaired) electrons. The molecule has 0 fully saturated rings. The Morgan fingerprint density at radius 2 is 2.00 bits per heavy atom. The summed E-state index contributed by atoms with van der Waals surface area (Å²) >= 11 is 0. The van der Waals surface area contributed by atoms with Crippen LogP contribution in [0.25, 0.3) is 0 Å². The van der Waals surface area contributed by atoms with Crippen LogP contribution < -0.4 is 5.32 Å². The molecule has 1 unspecified atom stereocenters. The molecule has 7 heteroatoms. The molecule has 0 rings (SSSR count). The van der Waals surface area contributed by atoms with Gasteiger partial charge in [-0.05, 0) is 26.3 Å². The second kappa shape index (κ2) is 6.80. The van der Waals surface area contributed by atoms with Gasteiger partial charge in [0.1, 0.15) is 12.1 Å². The Balaban J connectivity index is 3.67. The maximum Gasteiger partial charge on any atom is 0.411 e. The molecular weight excluding hydrogens is 239 g/mol. The third-order valence-corrected chi connectivity index (χ3v) is 2.43. The Kier molecular flexibility index (Phi) is 6.48. The molecule has 4 nitrogen and oxygen atoms in total. The molecule has 0 aliphatic carbocycles. The van der Waals surface area contributed by atoms with E-state index in [4.69, 9.17) is 5.11 Å². The summed E-state index contributed by atoms with van der Waals surface area (Å²) in [6.07, 6.45) is -3.59. The van der Waals surface area contributed by atoms with Crippen LogP contribution in [0.1, 0.15) is 26.7 Å². The molecule has 0 saturated heterocycles. The van der Waals surface area contributed by atoms with Crippen LogP contribution in [0.4, 0.5) is 13.2 Å². The van der Waals surface area contributed by atoms with Crippen LogP contribution in [0, 0.1) is 0 Å². The van der Waals surface area contributed by atoms with Gasteiger partial charge in [0.05, 0.1) is 0 Å². The lowest BCUT2D eigenvalue weighted by atomic mass is 9.99. The number of nitrogens with one attached hydrogen (secondary N) is 1. The zero-order valence-corrected chi connectivity index (χ0v) is 9.93. The first-order valence-corrected chi connectivity index (χ1v) is 5.34. The Morgan fingerprint density at radius 3 is 2.41 bits per heavy atom. The highest BCUT2D eigenvalue weighted by Crippen LogP contribution is 2.14. The molecule has 0 bridgehead atoms. The second-order valence-corrected chi connectivity index (χ2v) is 3.94. The largest absolute Gasteiger partial charge is 0.480 e. The predicted molar refractivity (Wildman–Crippen MR) is 55.8 cm³/mol.